The lowest BCUT2D eigenvalue weighted by Crippen LogP contribution is -2.41. The Kier molecular flexibility index (Phi) is 4.44. The lowest BCUT2D eigenvalue weighted by molar-refractivity contribution is 0.202. The molecule has 3 nitrogen and oxygen atoms in total. The van der Waals surface area contributed by atoms with Crippen LogP contribution in [0, 0.1) is 11.8 Å². The van der Waals surface area contributed by atoms with E-state index in [1.54, 1.807) is 0 Å². The number of anilines is 2. The summed E-state index contributed by atoms with van der Waals surface area (Å²) in [6, 6.07) is 4.39. The summed E-state index contributed by atoms with van der Waals surface area (Å²) >= 11 is 0. The van der Waals surface area contributed by atoms with Gasteiger partial charge < -0.3 is 10.2 Å². The van der Waals surface area contributed by atoms with Gasteiger partial charge in [-0.25, -0.2) is 4.98 Å². The number of fused-ring (bicyclic) bond motifs is 1. The molecular weight excluding hydrogens is 246 g/mol. The molecular formula is C17H27N3. The van der Waals surface area contributed by atoms with E-state index < -0.39 is 0 Å². The van der Waals surface area contributed by atoms with Gasteiger partial charge in [-0.1, -0.05) is 26.2 Å². The molecule has 2 unspecified atom stereocenters. The van der Waals surface area contributed by atoms with Crippen molar-refractivity contribution in [3.8, 4) is 0 Å². The highest BCUT2D eigenvalue weighted by molar-refractivity contribution is 5.54. The van der Waals surface area contributed by atoms with E-state index in [4.69, 9.17) is 0 Å². The van der Waals surface area contributed by atoms with Crippen molar-refractivity contribution < 1.29 is 0 Å². The molecule has 1 N–H and O–H groups in total. The van der Waals surface area contributed by atoms with Gasteiger partial charge in [-0.15, -0.1) is 0 Å². The van der Waals surface area contributed by atoms with Crippen LogP contribution in [0.1, 0.15) is 45.4 Å². The third-order valence-electron chi connectivity index (χ3n) is 4.96. The molecule has 3 heteroatoms. The van der Waals surface area contributed by atoms with Crippen LogP contribution in [0.3, 0.4) is 0 Å². The second kappa shape index (κ2) is 6.47. The highest BCUT2D eigenvalue weighted by Gasteiger charge is 2.31. The van der Waals surface area contributed by atoms with Gasteiger partial charge in [0.1, 0.15) is 5.82 Å². The smallest absolute Gasteiger partial charge is 0.127 e. The number of hydrogen-bond acceptors (Lipinski definition) is 3. The van der Waals surface area contributed by atoms with Crippen LogP contribution in [-0.4, -0.2) is 24.6 Å². The molecule has 3 rings (SSSR count). The average Bonchev–Trinajstić information content (AvgIpc) is 2.53. The van der Waals surface area contributed by atoms with E-state index >= 15 is 0 Å². The highest BCUT2D eigenvalue weighted by Crippen LogP contribution is 2.37. The maximum Gasteiger partial charge on any atom is 0.127 e. The first-order chi connectivity index (χ1) is 9.86. The van der Waals surface area contributed by atoms with E-state index in [9.17, 15) is 0 Å². The molecule has 2 heterocycles. The first-order valence-electron chi connectivity index (χ1n) is 8.31. The predicted octanol–water partition coefficient (Wildman–Crippen LogP) is 3.92. The van der Waals surface area contributed by atoms with Crippen molar-refractivity contribution in [1.29, 1.82) is 0 Å². The van der Waals surface area contributed by atoms with E-state index in [0.29, 0.717) is 0 Å². The van der Waals surface area contributed by atoms with Crippen molar-refractivity contribution in [3.63, 3.8) is 0 Å². The van der Waals surface area contributed by atoms with Crippen LogP contribution in [-0.2, 0) is 0 Å². The zero-order valence-electron chi connectivity index (χ0n) is 12.6. The highest BCUT2D eigenvalue weighted by atomic mass is 15.1. The maximum atomic E-state index is 4.42. The van der Waals surface area contributed by atoms with Gasteiger partial charge in [0.15, 0.2) is 0 Å². The van der Waals surface area contributed by atoms with Gasteiger partial charge >= 0.3 is 0 Å². The zero-order valence-corrected chi connectivity index (χ0v) is 12.6. The standard InChI is InChI=1S/C17H27N3/c1-2-9-18-17-12-16(7-10-19-17)20-11-8-14-5-3-4-6-15(14)13-20/h7,10,12,14-15H,2-6,8-9,11,13H2,1H3,(H,18,19). The van der Waals surface area contributed by atoms with Gasteiger partial charge in [0.25, 0.3) is 0 Å². The summed E-state index contributed by atoms with van der Waals surface area (Å²) in [6.07, 6.45) is 10.3. The van der Waals surface area contributed by atoms with Crippen LogP contribution in [0.2, 0.25) is 0 Å². The molecule has 1 aliphatic carbocycles. The Hall–Kier alpha value is -1.25. The fraction of sp³-hybridized carbons (Fsp3) is 0.706. The van der Waals surface area contributed by atoms with Crippen molar-refractivity contribution in [2.24, 2.45) is 11.8 Å². The Morgan fingerprint density at radius 2 is 2.10 bits per heavy atom. The molecule has 1 aromatic rings. The molecule has 2 fully saturated rings. The number of nitrogens with one attached hydrogen (secondary N) is 1. The molecule has 110 valence electrons. The second-order valence-corrected chi connectivity index (χ2v) is 6.37. The van der Waals surface area contributed by atoms with E-state index in [-0.39, 0.29) is 0 Å². The molecule has 0 amide bonds. The van der Waals surface area contributed by atoms with Crippen molar-refractivity contribution in [3.05, 3.63) is 18.3 Å². The van der Waals surface area contributed by atoms with Crippen LogP contribution in [0.4, 0.5) is 11.5 Å². The molecule has 1 aliphatic heterocycles. The van der Waals surface area contributed by atoms with E-state index in [1.807, 2.05) is 6.20 Å². The summed E-state index contributed by atoms with van der Waals surface area (Å²) in [4.78, 5) is 6.99. The normalized spacial score (nSPS) is 26.1. The van der Waals surface area contributed by atoms with Crippen LogP contribution in [0.25, 0.3) is 0 Å². The molecule has 20 heavy (non-hydrogen) atoms. The molecule has 0 aromatic carbocycles. The van der Waals surface area contributed by atoms with Crippen LogP contribution < -0.4 is 10.2 Å². The fourth-order valence-corrected chi connectivity index (χ4v) is 3.80. The predicted molar refractivity (Wildman–Crippen MR) is 85.3 cm³/mol. The monoisotopic (exact) mass is 273 g/mol. The zero-order chi connectivity index (χ0) is 13.8. The van der Waals surface area contributed by atoms with E-state index in [2.05, 4.69) is 34.3 Å². The minimum atomic E-state index is 0.928. The number of nitrogens with zero attached hydrogens (tertiary/aromatic N) is 2. The summed E-state index contributed by atoms with van der Waals surface area (Å²) in [5.74, 6) is 2.95. The lowest BCUT2D eigenvalue weighted by Gasteiger charge is -2.42. The molecule has 1 saturated carbocycles. The molecule has 2 aliphatic rings. The van der Waals surface area contributed by atoms with Crippen LogP contribution in [0.5, 0.6) is 0 Å². The molecule has 2 atom stereocenters. The second-order valence-electron chi connectivity index (χ2n) is 6.37. The molecule has 0 spiro atoms. The van der Waals surface area contributed by atoms with Crippen molar-refractivity contribution in [2.45, 2.75) is 45.4 Å². The number of piperidine rings is 1. The summed E-state index contributed by atoms with van der Waals surface area (Å²) in [6.45, 7) is 5.66. The van der Waals surface area contributed by atoms with Gasteiger partial charge in [-0.3, -0.25) is 0 Å². The molecule has 0 bridgehead atoms. The lowest BCUT2D eigenvalue weighted by atomic mass is 9.75. The van der Waals surface area contributed by atoms with Gasteiger partial charge in [0.2, 0.25) is 0 Å². The Bertz CT molecular complexity index is 432. The van der Waals surface area contributed by atoms with Gasteiger partial charge in [-0.05, 0) is 37.2 Å². The SMILES string of the molecule is CCCNc1cc(N2CCC3CCCCC3C2)ccn1. The van der Waals surface area contributed by atoms with Gasteiger partial charge in [-0.2, -0.15) is 0 Å². The largest absolute Gasteiger partial charge is 0.371 e. The third-order valence-corrected chi connectivity index (χ3v) is 4.96. The molecule has 1 aromatic heterocycles. The number of hydrogen-bond donors (Lipinski definition) is 1. The topological polar surface area (TPSA) is 28.2 Å². The van der Waals surface area contributed by atoms with Gasteiger partial charge in [0, 0.05) is 37.6 Å². The van der Waals surface area contributed by atoms with Crippen molar-refractivity contribution in [2.75, 3.05) is 29.9 Å². The summed E-state index contributed by atoms with van der Waals surface area (Å²) in [5, 5.41) is 3.39. The first kappa shape index (κ1) is 13.7. The summed E-state index contributed by atoms with van der Waals surface area (Å²) in [7, 11) is 0. The third kappa shape index (κ3) is 3.08. The minimum Gasteiger partial charge on any atom is -0.371 e. The van der Waals surface area contributed by atoms with Crippen molar-refractivity contribution >= 4 is 11.5 Å². The molecule has 0 radical (unpaired) electrons. The number of aromatic nitrogens is 1. The molecule has 1 saturated heterocycles. The number of rotatable bonds is 4. The maximum absolute atomic E-state index is 4.42. The minimum absolute atomic E-state index is 0.928. The fourth-order valence-electron chi connectivity index (χ4n) is 3.80. The Morgan fingerprint density at radius 1 is 1.25 bits per heavy atom. The Labute approximate surface area is 122 Å². The summed E-state index contributed by atoms with van der Waals surface area (Å²) in [5.41, 5.74) is 1.35. The number of pyridine rings is 1. The Morgan fingerprint density at radius 3 is 2.95 bits per heavy atom. The Balaban J connectivity index is 1.66. The van der Waals surface area contributed by atoms with Crippen LogP contribution in [0.15, 0.2) is 18.3 Å². The summed E-state index contributed by atoms with van der Waals surface area (Å²) < 4.78 is 0. The van der Waals surface area contributed by atoms with E-state index in [1.165, 1.54) is 50.9 Å². The quantitative estimate of drug-likeness (QED) is 0.901. The van der Waals surface area contributed by atoms with Crippen molar-refractivity contribution in [1.82, 2.24) is 4.98 Å². The van der Waals surface area contributed by atoms with E-state index in [0.717, 1.165) is 30.6 Å². The van der Waals surface area contributed by atoms with Gasteiger partial charge in [0.05, 0.1) is 0 Å². The average molecular weight is 273 g/mol. The van der Waals surface area contributed by atoms with Crippen LogP contribution >= 0.6 is 0 Å². The first-order valence-corrected chi connectivity index (χ1v) is 8.31.